The first-order chi connectivity index (χ1) is 10.2. The smallest absolute Gasteiger partial charge is 0.229 e. The van der Waals surface area contributed by atoms with Gasteiger partial charge in [0.15, 0.2) is 0 Å². The van der Waals surface area contributed by atoms with Crippen molar-refractivity contribution in [3.8, 4) is 5.75 Å². The topological polar surface area (TPSA) is 42.4 Å². The minimum absolute atomic E-state index is 0.0824. The van der Waals surface area contributed by atoms with Gasteiger partial charge in [0.25, 0.3) is 0 Å². The van der Waals surface area contributed by atoms with Crippen LogP contribution in [0.25, 0.3) is 0 Å². The van der Waals surface area contributed by atoms with Gasteiger partial charge < -0.3 is 9.64 Å². The van der Waals surface area contributed by atoms with Gasteiger partial charge >= 0.3 is 0 Å². The van der Waals surface area contributed by atoms with E-state index in [1.54, 1.807) is 12.4 Å². The summed E-state index contributed by atoms with van der Waals surface area (Å²) in [5, 5.41) is 0. The fourth-order valence-corrected chi connectivity index (χ4v) is 3.34. The molecule has 1 atom stereocenters. The van der Waals surface area contributed by atoms with Crippen LogP contribution in [0.4, 0.5) is 0 Å². The Hall–Kier alpha value is -1.84. The van der Waals surface area contributed by atoms with Crippen molar-refractivity contribution in [3.05, 3.63) is 37.2 Å². The van der Waals surface area contributed by atoms with Crippen LogP contribution in [0.3, 0.4) is 0 Å². The summed E-state index contributed by atoms with van der Waals surface area (Å²) < 4.78 is 5.90. The second-order valence-electron chi connectivity index (χ2n) is 6.10. The highest BCUT2D eigenvalue weighted by Gasteiger charge is 2.46. The first kappa shape index (κ1) is 14.1. The van der Waals surface area contributed by atoms with Crippen molar-refractivity contribution in [2.75, 3.05) is 13.1 Å². The second-order valence-corrected chi connectivity index (χ2v) is 6.10. The predicted octanol–water partition coefficient (Wildman–Crippen LogP) is 2.81. The van der Waals surface area contributed by atoms with Crippen LogP contribution in [-0.4, -0.2) is 35.0 Å². The second kappa shape index (κ2) is 5.88. The maximum absolute atomic E-state index is 12.7. The lowest BCUT2D eigenvalue weighted by molar-refractivity contribution is -0.146. The Morgan fingerprint density at radius 2 is 2.43 bits per heavy atom. The van der Waals surface area contributed by atoms with Gasteiger partial charge in [0, 0.05) is 19.2 Å². The molecule has 1 saturated carbocycles. The number of hydrogen-bond acceptors (Lipinski definition) is 3. The number of aromatic nitrogens is 1. The van der Waals surface area contributed by atoms with E-state index < -0.39 is 0 Å². The third kappa shape index (κ3) is 2.80. The van der Waals surface area contributed by atoms with Crippen molar-refractivity contribution >= 4 is 5.91 Å². The molecule has 0 N–H and O–H groups in total. The Morgan fingerprint density at radius 1 is 1.57 bits per heavy atom. The molecule has 1 aromatic heterocycles. The molecule has 1 saturated heterocycles. The zero-order chi connectivity index (χ0) is 14.7. The van der Waals surface area contributed by atoms with Crippen LogP contribution >= 0.6 is 0 Å². The van der Waals surface area contributed by atoms with Crippen LogP contribution < -0.4 is 4.74 Å². The van der Waals surface area contributed by atoms with E-state index in [0.717, 1.165) is 44.4 Å². The number of likely N-dealkylation sites (tertiary alicyclic amines) is 1. The molecule has 0 spiro atoms. The van der Waals surface area contributed by atoms with Crippen LogP contribution in [0.2, 0.25) is 0 Å². The molecular formula is C17H22N2O2. The molecule has 21 heavy (non-hydrogen) atoms. The van der Waals surface area contributed by atoms with Gasteiger partial charge in [0.05, 0.1) is 18.2 Å². The Balaban J connectivity index is 1.59. The maximum atomic E-state index is 12.7. The van der Waals surface area contributed by atoms with Crippen molar-refractivity contribution in [1.29, 1.82) is 0 Å². The number of rotatable bonds is 5. The highest BCUT2D eigenvalue weighted by Crippen LogP contribution is 2.46. The van der Waals surface area contributed by atoms with Crippen molar-refractivity contribution in [2.45, 2.75) is 38.2 Å². The fraction of sp³-hybridized carbons (Fsp3) is 0.529. The number of pyridine rings is 1. The summed E-state index contributed by atoms with van der Waals surface area (Å²) >= 11 is 0. The Morgan fingerprint density at radius 3 is 3.05 bits per heavy atom. The van der Waals surface area contributed by atoms with E-state index >= 15 is 0 Å². The monoisotopic (exact) mass is 286 g/mol. The summed E-state index contributed by atoms with van der Waals surface area (Å²) in [4.78, 5) is 18.8. The first-order valence-electron chi connectivity index (χ1n) is 7.70. The molecule has 2 fully saturated rings. The van der Waals surface area contributed by atoms with E-state index in [0.29, 0.717) is 12.5 Å². The number of amides is 1. The molecule has 1 aliphatic heterocycles. The molecule has 4 nitrogen and oxygen atoms in total. The van der Waals surface area contributed by atoms with Crippen LogP contribution in [0.5, 0.6) is 5.75 Å². The van der Waals surface area contributed by atoms with Crippen molar-refractivity contribution < 1.29 is 9.53 Å². The molecule has 1 aromatic rings. The van der Waals surface area contributed by atoms with Crippen LogP contribution in [0, 0.1) is 5.41 Å². The Labute approximate surface area is 125 Å². The van der Waals surface area contributed by atoms with Gasteiger partial charge in [-0.25, -0.2) is 0 Å². The number of allylic oxidation sites excluding steroid dienone is 1. The molecule has 1 aliphatic carbocycles. The molecule has 0 bridgehead atoms. The SMILES string of the molecule is C=CCC1(C(=O)N2CCC(Oc3cccnc3)C2)CCC1. The molecule has 2 aliphatic rings. The largest absolute Gasteiger partial charge is 0.487 e. The Bertz CT molecular complexity index is 511. The summed E-state index contributed by atoms with van der Waals surface area (Å²) in [6.45, 7) is 5.29. The van der Waals surface area contributed by atoms with Gasteiger partial charge in [-0.2, -0.15) is 0 Å². The van der Waals surface area contributed by atoms with Crippen LogP contribution in [0.15, 0.2) is 37.2 Å². The van der Waals surface area contributed by atoms with Crippen molar-refractivity contribution in [2.24, 2.45) is 5.41 Å². The lowest BCUT2D eigenvalue weighted by atomic mass is 9.65. The molecule has 1 unspecified atom stereocenters. The standard InChI is InChI=1S/C17H22N2O2/c1-2-7-17(8-4-9-17)16(20)19-11-6-15(13-19)21-14-5-3-10-18-12-14/h2-3,5,10,12,15H,1,4,6-9,11,13H2. The molecule has 2 heterocycles. The van der Waals surface area contributed by atoms with Crippen LogP contribution in [-0.2, 0) is 4.79 Å². The molecule has 0 aromatic carbocycles. The van der Waals surface area contributed by atoms with Gasteiger partial charge in [0.2, 0.25) is 5.91 Å². The summed E-state index contributed by atoms with van der Waals surface area (Å²) in [6.07, 6.45) is 10.3. The average Bonchev–Trinajstić information content (AvgIpc) is 2.92. The predicted molar refractivity (Wildman–Crippen MR) is 80.9 cm³/mol. The first-order valence-corrected chi connectivity index (χ1v) is 7.70. The summed E-state index contributed by atoms with van der Waals surface area (Å²) in [6, 6.07) is 3.77. The average molecular weight is 286 g/mol. The zero-order valence-corrected chi connectivity index (χ0v) is 12.3. The maximum Gasteiger partial charge on any atom is 0.229 e. The van der Waals surface area contributed by atoms with Gasteiger partial charge in [-0.05, 0) is 31.4 Å². The van der Waals surface area contributed by atoms with E-state index in [-0.39, 0.29) is 11.5 Å². The summed E-state index contributed by atoms with van der Waals surface area (Å²) in [5.74, 6) is 1.08. The molecule has 1 amide bonds. The third-order valence-corrected chi connectivity index (χ3v) is 4.67. The number of nitrogens with zero attached hydrogens (tertiary/aromatic N) is 2. The molecule has 3 rings (SSSR count). The van der Waals surface area contributed by atoms with E-state index in [4.69, 9.17) is 4.74 Å². The normalized spacial score (nSPS) is 23.4. The highest BCUT2D eigenvalue weighted by molar-refractivity contribution is 5.84. The number of ether oxygens (including phenoxy) is 1. The molecule has 4 heteroatoms. The molecule has 112 valence electrons. The van der Waals surface area contributed by atoms with Crippen LogP contribution in [0.1, 0.15) is 32.1 Å². The zero-order valence-electron chi connectivity index (χ0n) is 12.3. The van der Waals surface area contributed by atoms with Gasteiger partial charge in [0.1, 0.15) is 11.9 Å². The van der Waals surface area contributed by atoms with Gasteiger partial charge in [-0.1, -0.05) is 12.5 Å². The van der Waals surface area contributed by atoms with Gasteiger partial charge in [-0.15, -0.1) is 6.58 Å². The fourth-order valence-electron chi connectivity index (χ4n) is 3.34. The third-order valence-electron chi connectivity index (χ3n) is 4.67. The summed E-state index contributed by atoms with van der Waals surface area (Å²) in [7, 11) is 0. The quantitative estimate of drug-likeness (QED) is 0.782. The lowest BCUT2D eigenvalue weighted by Crippen LogP contribution is -2.47. The molecule has 0 radical (unpaired) electrons. The minimum atomic E-state index is -0.162. The highest BCUT2D eigenvalue weighted by atomic mass is 16.5. The molecular weight excluding hydrogens is 264 g/mol. The number of hydrogen-bond donors (Lipinski definition) is 0. The van der Waals surface area contributed by atoms with Crippen molar-refractivity contribution in [1.82, 2.24) is 9.88 Å². The minimum Gasteiger partial charge on any atom is -0.487 e. The van der Waals surface area contributed by atoms with E-state index in [1.165, 1.54) is 0 Å². The van der Waals surface area contributed by atoms with E-state index in [2.05, 4.69) is 11.6 Å². The van der Waals surface area contributed by atoms with Gasteiger partial charge in [-0.3, -0.25) is 9.78 Å². The van der Waals surface area contributed by atoms with Crippen molar-refractivity contribution in [3.63, 3.8) is 0 Å². The number of carbonyl (C=O) groups is 1. The van der Waals surface area contributed by atoms with E-state index in [9.17, 15) is 4.79 Å². The lowest BCUT2D eigenvalue weighted by Gasteiger charge is -2.42. The Kier molecular flexibility index (Phi) is 3.95. The summed E-state index contributed by atoms with van der Waals surface area (Å²) in [5.41, 5.74) is -0.162. The van der Waals surface area contributed by atoms with E-state index in [1.807, 2.05) is 23.1 Å². The number of carbonyl (C=O) groups excluding carboxylic acids is 1.